The zero-order chi connectivity index (χ0) is 10.3. The maximum atomic E-state index is 11.1. The highest BCUT2D eigenvalue weighted by Crippen LogP contribution is 2.05. The minimum absolute atomic E-state index is 0.400. The van der Waals surface area contributed by atoms with Crippen LogP contribution in [0, 0.1) is 0 Å². The van der Waals surface area contributed by atoms with Crippen molar-refractivity contribution in [3.05, 3.63) is 37.5 Å². The molecule has 0 saturated carbocycles. The van der Waals surface area contributed by atoms with Crippen molar-refractivity contribution in [2.75, 3.05) is 0 Å². The van der Waals surface area contributed by atoms with Gasteiger partial charge in [0, 0.05) is 5.57 Å². The second-order valence-electron chi connectivity index (χ2n) is 2.54. The molecule has 13 heavy (non-hydrogen) atoms. The first kappa shape index (κ1) is 11.6. The summed E-state index contributed by atoms with van der Waals surface area (Å²) in [5, 5.41) is 0. The normalized spacial score (nSPS) is 11.5. The Bertz CT molecular complexity index is 221. The number of carbonyl (C=O) groups excluding carboxylic acids is 1. The van der Waals surface area contributed by atoms with Crippen LogP contribution in [0.25, 0.3) is 0 Å². The van der Waals surface area contributed by atoms with E-state index in [0.717, 1.165) is 0 Å². The van der Waals surface area contributed by atoms with Crippen LogP contribution >= 0.6 is 0 Å². The number of ether oxygens (including phenoxy) is 1. The van der Waals surface area contributed by atoms with E-state index in [0.29, 0.717) is 18.4 Å². The van der Waals surface area contributed by atoms with Crippen LogP contribution < -0.4 is 5.73 Å². The molecule has 3 nitrogen and oxygen atoms in total. The van der Waals surface area contributed by atoms with E-state index in [1.54, 1.807) is 6.08 Å². The first-order valence-electron chi connectivity index (χ1n) is 3.99. The Kier molecular flexibility index (Phi) is 5.55. The Morgan fingerprint density at radius 1 is 1.54 bits per heavy atom. The van der Waals surface area contributed by atoms with Gasteiger partial charge in [0.15, 0.2) is 6.23 Å². The first-order chi connectivity index (χ1) is 6.11. The van der Waals surface area contributed by atoms with Crippen molar-refractivity contribution in [1.82, 2.24) is 0 Å². The van der Waals surface area contributed by atoms with Crippen molar-refractivity contribution in [2.45, 2.75) is 19.1 Å². The van der Waals surface area contributed by atoms with Gasteiger partial charge in [-0.3, -0.25) is 5.73 Å². The molecule has 2 N–H and O–H groups in total. The van der Waals surface area contributed by atoms with E-state index in [4.69, 9.17) is 10.5 Å². The molecule has 0 aliphatic heterocycles. The zero-order valence-electron chi connectivity index (χ0n) is 7.66. The summed E-state index contributed by atoms with van der Waals surface area (Å²) in [6.45, 7) is 10.5. The largest absolute Gasteiger partial charge is 0.440 e. The molecule has 0 aromatic heterocycles. The third-order valence-corrected chi connectivity index (χ3v) is 1.41. The van der Waals surface area contributed by atoms with Crippen LogP contribution in [0.1, 0.15) is 12.8 Å². The Hall–Kier alpha value is -1.35. The SMILES string of the molecule is C=CCCC(=C)C(=O)OC(N)C=C. The van der Waals surface area contributed by atoms with Crippen LogP contribution in [0.3, 0.4) is 0 Å². The van der Waals surface area contributed by atoms with E-state index in [9.17, 15) is 4.79 Å². The fourth-order valence-electron chi connectivity index (χ4n) is 0.633. The molecule has 1 atom stereocenters. The van der Waals surface area contributed by atoms with Crippen molar-refractivity contribution in [1.29, 1.82) is 0 Å². The van der Waals surface area contributed by atoms with E-state index < -0.39 is 12.2 Å². The van der Waals surface area contributed by atoms with Crippen molar-refractivity contribution in [3.8, 4) is 0 Å². The molecule has 0 aliphatic carbocycles. The van der Waals surface area contributed by atoms with Gasteiger partial charge in [0.05, 0.1) is 0 Å². The average Bonchev–Trinajstić information content (AvgIpc) is 2.13. The van der Waals surface area contributed by atoms with Crippen LogP contribution in [0.2, 0.25) is 0 Å². The van der Waals surface area contributed by atoms with Crippen LogP contribution in [0.15, 0.2) is 37.5 Å². The molecule has 72 valence electrons. The lowest BCUT2D eigenvalue weighted by molar-refractivity contribution is -0.142. The summed E-state index contributed by atoms with van der Waals surface area (Å²) in [4.78, 5) is 11.1. The van der Waals surface area contributed by atoms with Gasteiger partial charge in [-0.2, -0.15) is 0 Å². The minimum Gasteiger partial charge on any atom is -0.440 e. The second-order valence-corrected chi connectivity index (χ2v) is 2.54. The average molecular weight is 181 g/mol. The summed E-state index contributed by atoms with van der Waals surface area (Å²) >= 11 is 0. The number of nitrogens with two attached hydrogens (primary N) is 1. The topological polar surface area (TPSA) is 52.3 Å². The first-order valence-corrected chi connectivity index (χ1v) is 3.99. The molecule has 0 aromatic carbocycles. The molecule has 1 unspecified atom stereocenters. The van der Waals surface area contributed by atoms with Crippen LogP contribution in [-0.2, 0) is 9.53 Å². The molecule has 0 fully saturated rings. The predicted octanol–water partition coefficient (Wildman–Crippen LogP) is 1.52. The highest BCUT2D eigenvalue weighted by molar-refractivity contribution is 5.87. The molecule has 0 rings (SSSR count). The van der Waals surface area contributed by atoms with Gasteiger partial charge in [0.2, 0.25) is 0 Å². The summed E-state index contributed by atoms with van der Waals surface area (Å²) < 4.78 is 4.75. The van der Waals surface area contributed by atoms with Gasteiger partial charge in [0.1, 0.15) is 0 Å². The summed E-state index contributed by atoms with van der Waals surface area (Å²) in [6, 6.07) is 0. The molecule has 0 aliphatic rings. The van der Waals surface area contributed by atoms with Gasteiger partial charge < -0.3 is 4.74 Å². The highest BCUT2D eigenvalue weighted by Gasteiger charge is 2.09. The lowest BCUT2D eigenvalue weighted by Crippen LogP contribution is -2.25. The van der Waals surface area contributed by atoms with Crippen molar-refractivity contribution in [2.24, 2.45) is 5.73 Å². The van der Waals surface area contributed by atoms with E-state index in [2.05, 4.69) is 19.7 Å². The molecular formula is C10H15NO2. The van der Waals surface area contributed by atoms with Gasteiger partial charge >= 0.3 is 5.97 Å². The summed E-state index contributed by atoms with van der Waals surface area (Å²) in [7, 11) is 0. The van der Waals surface area contributed by atoms with E-state index >= 15 is 0 Å². The molecule has 0 radical (unpaired) electrons. The summed E-state index contributed by atoms with van der Waals surface area (Å²) in [5.74, 6) is -0.478. The van der Waals surface area contributed by atoms with Crippen molar-refractivity contribution < 1.29 is 9.53 Å². The summed E-state index contributed by atoms with van der Waals surface area (Å²) in [5.41, 5.74) is 5.72. The third-order valence-electron chi connectivity index (χ3n) is 1.41. The Morgan fingerprint density at radius 3 is 2.62 bits per heavy atom. The van der Waals surface area contributed by atoms with Gasteiger partial charge in [-0.05, 0) is 18.9 Å². The lowest BCUT2D eigenvalue weighted by atomic mass is 10.2. The van der Waals surface area contributed by atoms with Crippen molar-refractivity contribution in [3.63, 3.8) is 0 Å². The molecule has 0 spiro atoms. The van der Waals surface area contributed by atoms with Gasteiger partial charge in [-0.15, -0.1) is 6.58 Å². The fraction of sp³-hybridized carbons (Fsp3) is 0.300. The van der Waals surface area contributed by atoms with Gasteiger partial charge in [0.25, 0.3) is 0 Å². The molecule has 3 heteroatoms. The lowest BCUT2D eigenvalue weighted by Gasteiger charge is -2.09. The Balaban J connectivity index is 3.88. The number of allylic oxidation sites excluding steroid dienone is 1. The standard InChI is InChI=1S/C10H15NO2/c1-4-6-7-8(3)10(12)13-9(11)5-2/h4-5,9H,1-3,6-7,11H2. The zero-order valence-corrected chi connectivity index (χ0v) is 7.66. The minimum atomic E-state index is -0.756. The molecule has 0 bridgehead atoms. The Labute approximate surface area is 78.6 Å². The summed E-state index contributed by atoms with van der Waals surface area (Å²) in [6.07, 6.45) is 3.56. The number of hydrogen-bond donors (Lipinski definition) is 1. The third kappa shape index (κ3) is 4.98. The van der Waals surface area contributed by atoms with Gasteiger partial charge in [-0.25, -0.2) is 4.79 Å². The van der Waals surface area contributed by atoms with Gasteiger partial charge in [-0.1, -0.05) is 19.2 Å². The molecule has 0 heterocycles. The molecule has 0 amide bonds. The monoisotopic (exact) mass is 181 g/mol. The highest BCUT2D eigenvalue weighted by atomic mass is 16.6. The van der Waals surface area contributed by atoms with Crippen molar-refractivity contribution >= 4 is 5.97 Å². The molecule has 0 saturated heterocycles. The number of esters is 1. The number of rotatable bonds is 6. The van der Waals surface area contributed by atoms with E-state index in [1.165, 1.54) is 6.08 Å². The van der Waals surface area contributed by atoms with E-state index in [1.807, 2.05) is 0 Å². The van der Waals surface area contributed by atoms with Crippen LogP contribution in [0.4, 0.5) is 0 Å². The fourth-order valence-corrected chi connectivity index (χ4v) is 0.633. The number of carbonyl (C=O) groups is 1. The maximum Gasteiger partial charge on any atom is 0.335 e. The number of hydrogen-bond acceptors (Lipinski definition) is 3. The Morgan fingerprint density at radius 2 is 2.15 bits per heavy atom. The molecule has 0 aromatic rings. The van der Waals surface area contributed by atoms with Crippen LogP contribution in [0.5, 0.6) is 0 Å². The second kappa shape index (κ2) is 6.20. The predicted molar refractivity (Wildman–Crippen MR) is 52.8 cm³/mol. The molecular weight excluding hydrogens is 166 g/mol. The smallest absolute Gasteiger partial charge is 0.335 e. The quantitative estimate of drug-likeness (QED) is 0.292. The maximum absolute atomic E-state index is 11.1. The van der Waals surface area contributed by atoms with Crippen LogP contribution in [-0.4, -0.2) is 12.2 Å². The van der Waals surface area contributed by atoms with E-state index in [-0.39, 0.29) is 0 Å².